The monoisotopic (exact) mass is 326 g/mol. The van der Waals surface area contributed by atoms with Gasteiger partial charge in [0, 0.05) is 38.4 Å². The fraction of sp³-hybridized carbons (Fsp3) is 0.714. The Kier molecular flexibility index (Phi) is 3.98. The Morgan fingerprint density at radius 3 is 2.77 bits per heavy atom. The highest BCUT2D eigenvalue weighted by atomic mass is 32.2. The van der Waals surface area contributed by atoms with Gasteiger partial charge < -0.3 is 4.90 Å². The van der Waals surface area contributed by atoms with Crippen molar-refractivity contribution in [1.29, 1.82) is 0 Å². The summed E-state index contributed by atoms with van der Waals surface area (Å²) in [6, 6.07) is 2.11. The Morgan fingerprint density at radius 2 is 2.18 bits per heavy atom. The summed E-state index contributed by atoms with van der Waals surface area (Å²) in [6.07, 6.45) is 6.42. The molecule has 2 aliphatic rings. The molecule has 2 fully saturated rings. The van der Waals surface area contributed by atoms with Crippen LogP contribution in [0.5, 0.6) is 0 Å². The molecule has 22 heavy (non-hydrogen) atoms. The molecule has 0 bridgehead atoms. The smallest absolute Gasteiger partial charge is 0.220 e. The molecule has 0 radical (unpaired) electrons. The zero-order valence-corrected chi connectivity index (χ0v) is 13.7. The fourth-order valence-electron chi connectivity index (χ4n) is 3.90. The Bertz CT molecular complexity index is 643. The van der Waals surface area contributed by atoms with E-state index in [-0.39, 0.29) is 23.9 Å². The van der Waals surface area contributed by atoms with Gasteiger partial charge in [0.1, 0.15) is 0 Å². The number of aromatic nitrogens is 2. The van der Waals surface area contributed by atoms with E-state index in [1.165, 1.54) is 6.26 Å². The standard InChI is InChI=1S/C14H22N4O3S/c1-11(19)18-13(10-16-6-3-5-15-16)8-12-9-17(22(2,20)21)7-4-14(12)18/h3,5-6,12-14H,4,7-10H2,1-2H3/t12-,13?,14+/m0/s1. The van der Waals surface area contributed by atoms with Gasteiger partial charge in [-0.15, -0.1) is 0 Å². The van der Waals surface area contributed by atoms with Crippen molar-refractivity contribution in [3.05, 3.63) is 18.5 Å². The maximum absolute atomic E-state index is 12.1. The lowest BCUT2D eigenvalue weighted by atomic mass is 9.93. The van der Waals surface area contributed by atoms with Gasteiger partial charge >= 0.3 is 0 Å². The van der Waals surface area contributed by atoms with Crippen LogP contribution in [0.3, 0.4) is 0 Å². The number of hydrogen-bond donors (Lipinski definition) is 0. The highest BCUT2D eigenvalue weighted by molar-refractivity contribution is 7.88. The van der Waals surface area contributed by atoms with E-state index >= 15 is 0 Å². The summed E-state index contributed by atoms with van der Waals surface area (Å²) in [5, 5.41) is 4.22. The zero-order chi connectivity index (χ0) is 15.9. The number of piperidine rings is 1. The van der Waals surface area contributed by atoms with Gasteiger partial charge in [-0.3, -0.25) is 9.48 Å². The van der Waals surface area contributed by atoms with Crippen LogP contribution in [-0.4, -0.2) is 64.7 Å². The van der Waals surface area contributed by atoms with Crippen molar-refractivity contribution < 1.29 is 13.2 Å². The SMILES string of the molecule is CC(=O)N1C(Cn2cccn2)C[C@H]2CN(S(C)(=O)=O)CC[C@H]21. The number of rotatable bonds is 3. The van der Waals surface area contributed by atoms with Crippen LogP contribution in [0.1, 0.15) is 19.8 Å². The molecule has 0 N–H and O–H groups in total. The summed E-state index contributed by atoms with van der Waals surface area (Å²) in [5.41, 5.74) is 0. The second-order valence-electron chi connectivity index (χ2n) is 6.28. The van der Waals surface area contributed by atoms with Gasteiger partial charge in [-0.05, 0) is 24.8 Å². The second kappa shape index (κ2) is 5.66. The van der Waals surface area contributed by atoms with E-state index in [1.807, 2.05) is 21.8 Å². The largest absolute Gasteiger partial charge is 0.335 e. The average Bonchev–Trinajstić information content (AvgIpc) is 3.03. The minimum absolute atomic E-state index is 0.0671. The lowest BCUT2D eigenvalue weighted by molar-refractivity contribution is -0.132. The normalized spacial score (nSPS) is 29.5. The summed E-state index contributed by atoms with van der Waals surface area (Å²) < 4.78 is 26.9. The molecule has 1 aromatic rings. The van der Waals surface area contributed by atoms with Gasteiger partial charge in [-0.1, -0.05) is 0 Å². The highest BCUT2D eigenvalue weighted by Crippen LogP contribution is 2.36. The molecular weight excluding hydrogens is 304 g/mol. The molecule has 2 aliphatic heterocycles. The number of carbonyl (C=O) groups excluding carboxylic acids is 1. The molecule has 2 saturated heterocycles. The molecule has 1 amide bonds. The Balaban J connectivity index is 1.78. The van der Waals surface area contributed by atoms with Gasteiger partial charge in [0.2, 0.25) is 15.9 Å². The molecular formula is C14H22N4O3S. The van der Waals surface area contributed by atoms with Crippen molar-refractivity contribution in [2.45, 2.75) is 38.4 Å². The number of likely N-dealkylation sites (tertiary alicyclic amines) is 1. The van der Waals surface area contributed by atoms with Gasteiger partial charge in [-0.25, -0.2) is 12.7 Å². The van der Waals surface area contributed by atoms with Crippen LogP contribution in [0.2, 0.25) is 0 Å². The van der Waals surface area contributed by atoms with Crippen LogP contribution in [-0.2, 0) is 21.4 Å². The van der Waals surface area contributed by atoms with E-state index in [0.29, 0.717) is 26.1 Å². The molecule has 122 valence electrons. The van der Waals surface area contributed by atoms with E-state index in [1.54, 1.807) is 17.4 Å². The molecule has 3 heterocycles. The van der Waals surface area contributed by atoms with Crippen molar-refractivity contribution in [2.75, 3.05) is 19.3 Å². The molecule has 0 aromatic carbocycles. The first-order valence-corrected chi connectivity index (χ1v) is 9.42. The van der Waals surface area contributed by atoms with Crippen LogP contribution >= 0.6 is 0 Å². The molecule has 1 unspecified atom stereocenters. The molecule has 1 aromatic heterocycles. The summed E-state index contributed by atoms with van der Waals surface area (Å²) in [4.78, 5) is 14.0. The van der Waals surface area contributed by atoms with E-state index in [0.717, 1.165) is 6.42 Å². The summed E-state index contributed by atoms with van der Waals surface area (Å²) in [6.45, 7) is 3.28. The van der Waals surface area contributed by atoms with E-state index in [4.69, 9.17) is 0 Å². The van der Waals surface area contributed by atoms with Gasteiger partial charge in [-0.2, -0.15) is 5.10 Å². The van der Waals surface area contributed by atoms with Crippen molar-refractivity contribution in [1.82, 2.24) is 19.0 Å². The number of fused-ring (bicyclic) bond motifs is 1. The minimum atomic E-state index is -3.16. The molecule has 0 aliphatic carbocycles. The van der Waals surface area contributed by atoms with Crippen molar-refractivity contribution in [3.63, 3.8) is 0 Å². The molecule has 0 saturated carbocycles. The topological polar surface area (TPSA) is 75.5 Å². The molecule has 3 atom stereocenters. The summed E-state index contributed by atoms with van der Waals surface area (Å²) >= 11 is 0. The second-order valence-corrected chi connectivity index (χ2v) is 8.26. The molecule has 0 spiro atoms. The van der Waals surface area contributed by atoms with E-state index < -0.39 is 10.0 Å². The summed E-state index contributed by atoms with van der Waals surface area (Å²) in [7, 11) is -3.16. The molecule has 8 heteroatoms. The van der Waals surface area contributed by atoms with E-state index in [9.17, 15) is 13.2 Å². The maximum atomic E-state index is 12.1. The number of sulfonamides is 1. The van der Waals surface area contributed by atoms with Crippen LogP contribution < -0.4 is 0 Å². The van der Waals surface area contributed by atoms with Crippen LogP contribution in [0.25, 0.3) is 0 Å². The number of carbonyl (C=O) groups is 1. The predicted octanol–water partition coefficient (Wildman–Crippen LogP) is 0.154. The Hall–Kier alpha value is -1.41. The van der Waals surface area contributed by atoms with Crippen molar-refractivity contribution in [2.24, 2.45) is 5.92 Å². The third-order valence-electron chi connectivity index (χ3n) is 4.77. The Labute approximate surface area is 130 Å². The predicted molar refractivity (Wildman–Crippen MR) is 81.5 cm³/mol. The Morgan fingerprint density at radius 1 is 1.41 bits per heavy atom. The van der Waals surface area contributed by atoms with Crippen LogP contribution in [0, 0.1) is 5.92 Å². The van der Waals surface area contributed by atoms with Gasteiger partial charge in [0.15, 0.2) is 0 Å². The van der Waals surface area contributed by atoms with Crippen LogP contribution in [0.4, 0.5) is 0 Å². The summed E-state index contributed by atoms with van der Waals surface area (Å²) in [5.74, 6) is 0.283. The maximum Gasteiger partial charge on any atom is 0.220 e. The third-order valence-corrected chi connectivity index (χ3v) is 6.04. The quantitative estimate of drug-likeness (QED) is 0.793. The highest BCUT2D eigenvalue weighted by Gasteiger charge is 2.46. The zero-order valence-electron chi connectivity index (χ0n) is 12.9. The lowest BCUT2D eigenvalue weighted by Gasteiger charge is -2.37. The average molecular weight is 326 g/mol. The fourth-order valence-corrected chi connectivity index (χ4v) is 4.80. The molecule has 3 rings (SSSR count). The van der Waals surface area contributed by atoms with Crippen molar-refractivity contribution in [3.8, 4) is 0 Å². The first kappa shape index (κ1) is 15.5. The lowest BCUT2D eigenvalue weighted by Crippen LogP contribution is -2.50. The molecule has 7 nitrogen and oxygen atoms in total. The first-order valence-electron chi connectivity index (χ1n) is 7.57. The first-order chi connectivity index (χ1) is 10.4. The number of hydrogen-bond acceptors (Lipinski definition) is 4. The minimum Gasteiger partial charge on any atom is -0.335 e. The van der Waals surface area contributed by atoms with Crippen molar-refractivity contribution >= 4 is 15.9 Å². The number of nitrogens with zero attached hydrogens (tertiary/aromatic N) is 4. The number of amides is 1. The van der Waals surface area contributed by atoms with Crippen LogP contribution in [0.15, 0.2) is 18.5 Å². The van der Waals surface area contributed by atoms with Gasteiger partial charge in [0.05, 0.1) is 18.8 Å². The third kappa shape index (κ3) is 2.89. The van der Waals surface area contributed by atoms with E-state index in [2.05, 4.69) is 5.10 Å². The van der Waals surface area contributed by atoms with Gasteiger partial charge in [0.25, 0.3) is 0 Å².